The van der Waals surface area contributed by atoms with Crippen molar-refractivity contribution in [2.45, 2.75) is 19.2 Å². The van der Waals surface area contributed by atoms with Crippen molar-refractivity contribution in [1.82, 2.24) is 9.21 Å². The molecule has 0 N–H and O–H groups in total. The third-order valence-corrected chi connectivity index (χ3v) is 6.63. The number of methoxy groups -OCH3 is 1. The van der Waals surface area contributed by atoms with E-state index in [1.807, 2.05) is 43.3 Å². The molecule has 140 valence electrons. The first kappa shape index (κ1) is 18.9. The molecule has 5 nitrogen and oxygen atoms in total. The van der Waals surface area contributed by atoms with Crippen molar-refractivity contribution < 1.29 is 13.2 Å². The van der Waals surface area contributed by atoms with E-state index in [0.29, 0.717) is 13.1 Å². The molecule has 3 rings (SSSR count). The van der Waals surface area contributed by atoms with Gasteiger partial charge in [0.2, 0.25) is 10.0 Å². The minimum absolute atomic E-state index is 0.0749. The summed E-state index contributed by atoms with van der Waals surface area (Å²) in [5.41, 5.74) is 3.18. The van der Waals surface area contributed by atoms with Crippen molar-refractivity contribution in [3.8, 4) is 5.75 Å². The molecule has 6 heteroatoms. The lowest BCUT2D eigenvalue weighted by molar-refractivity contribution is 0.181. The van der Waals surface area contributed by atoms with Crippen molar-refractivity contribution in [2.24, 2.45) is 0 Å². The summed E-state index contributed by atoms with van der Waals surface area (Å²) in [5, 5.41) is 0. The van der Waals surface area contributed by atoms with Crippen molar-refractivity contribution in [3.63, 3.8) is 0 Å². The van der Waals surface area contributed by atoms with Crippen molar-refractivity contribution in [3.05, 3.63) is 65.2 Å². The van der Waals surface area contributed by atoms with Gasteiger partial charge in [-0.05, 0) is 29.7 Å². The number of piperazine rings is 1. The van der Waals surface area contributed by atoms with Gasteiger partial charge < -0.3 is 4.74 Å². The van der Waals surface area contributed by atoms with Crippen LogP contribution in [0, 0.1) is 6.92 Å². The summed E-state index contributed by atoms with van der Waals surface area (Å²) in [6.07, 6.45) is 0. The molecule has 2 aromatic rings. The summed E-state index contributed by atoms with van der Waals surface area (Å²) in [6.45, 7) is 5.46. The lowest BCUT2D eigenvalue weighted by Crippen LogP contribution is -2.48. The zero-order valence-electron chi connectivity index (χ0n) is 15.4. The van der Waals surface area contributed by atoms with E-state index in [4.69, 9.17) is 4.74 Å². The van der Waals surface area contributed by atoms with E-state index in [-0.39, 0.29) is 5.75 Å². The maximum atomic E-state index is 12.6. The Balaban J connectivity index is 1.56. The molecule has 0 bridgehead atoms. The lowest BCUT2D eigenvalue weighted by Gasteiger charge is -2.34. The molecule has 0 spiro atoms. The van der Waals surface area contributed by atoms with Gasteiger partial charge in [-0.25, -0.2) is 8.42 Å². The number of rotatable bonds is 6. The predicted molar refractivity (Wildman–Crippen MR) is 104 cm³/mol. The van der Waals surface area contributed by atoms with Gasteiger partial charge in [0.15, 0.2) is 0 Å². The largest absolute Gasteiger partial charge is 0.496 e. The monoisotopic (exact) mass is 374 g/mol. The highest BCUT2D eigenvalue weighted by Crippen LogP contribution is 2.20. The summed E-state index contributed by atoms with van der Waals surface area (Å²) in [4.78, 5) is 2.30. The van der Waals surface area contributed by atoms with Crippen molar-refractivity contribution in [2.75, 3.05) is 33.3 Å². The zero-order valence-corrected chi connectivity index (χ0v) is 16.2. The first-order valence-corrected chi connectivity index (χ1v) is 10.5. The number of ether oxygens (including phenoxy) is 1. The highest BCUT2D eigenvalue weighted by Gasteiger charge is 2.27. The Bertz CT molecular complexity index is 829. The van der Waals surface area contributed by atoms with Crippen molar-refractivity contribution >= 4 is 10.0 Å². The summed E-state index contributed by atoms with van der Waals surface area (Å²) in [7, 11) is -1.58. The van der Waals surface area contributed by atoms with E-state index in [2.05, 4.69) is 17.0 Å². The second kappa shape index (κ2) is 8.20. The molecule has 1 heterocycles. The van der Waals surface area contributed by atoms with E-state index < -0.39 is 10.0 Å². The molecular formula is C20H26N2O3S. The normalized spacial score (nSPS) is 16.5. The molecule has 1 saturated heterocycles. The Kier molecular flexibility index (Phi) is 5.96. The van der Waals surface area contributed by atoms with Gasteiger partial charge in [-0.1, -0.05) is 42.5 Å². The molecule has 0 aliphatic carbocycles. The highest BCUT2D eigenvalue weighted by atomic mass is 32.2. The number of hydrogen-bond acceptors (Lipinski definition) is 4. The summed E-state index contributed by atoms with van der Waals surface area (Å²) in [6, 6.07) is 15.6. The van der Waals surface area contributed by atoms with Crippen LogP contribution in [0.2, 0.25) is 0 Å². The van der Waals surface area contributed by atoms with Crippen LogP contribution in [-0.4, -0.2) is 50.9 Å². The van der Waals surface area contributed by atoms with Crippen LogP contribution in [0.4, 0.5) is 0 Å². The average Bonchev–Trinajstić information content (AvgIpc) is 2.63. The Hall–Kier alpha value is -1.89. The molecule has 0 amide bonds. The van der Waals surface area contributed by atoms with E-state index in [0.717, 1.165) is 36.5 Å². The first-order chi connectivity index (χ1) is 12.5. The maximum Gasteiger partial charge on any atom is 0.218 e. The Morgan fingerprint density at radius 1 is 0.962 bits per heavy atom. The smallest absolute Gasteiger partial charge is 0.218 e. The number of aryl methyl sites for hydroxylation is 1. The van der Waals surface area contributed by atoms with Crippen LogP contribution < -0.4 is 4.74 Å². The van der Waals surface area contributed by atoms with Crippen LogP contribution in [0.15, 0.2) is 48.5 Å². The minimum Gasteiger partial charge on any atom is -0.496 e. The molecule has 0 aromatic heterocycles. The van der Waals surface area contributed by atoms with Gasteiger partial charge in [-0.15, -0.1) is 0 Å². The molecule has 0 radical (unpaired) electrons. The maximum absolute atomic E-state index is 12.6. The minimum atomic E-state index is -3.26. The summed E-state index contributed by atoms with van der Waals surface area (Å²) >= 11 is 0. The van der Waals surface area contributed by atoms with Crippen LogP contribution in [0.1, 0.15) is 16.7 Å². The van der Waals surface area contributed by atoms with Gasteiger partial charge in [-0.3, -0.25) is 4.90 Å². The van der Waals surface area contributed by atoms with Crippen LogP contribution >= 0.6 is 0 Å². The Labute approximate surface area is 156 Å². The summed E-state index contributed by atoms with van der Waals surface area (Å²) in [5.74, 6) is 0.969. The molecule has 1 fully saturated rings. The fourth-order valence-electron chi connectivity index (χ4n) is 3.34. The predicted octanol–water partition coefficient (Wildman–Crippen LogP) is 2.65. The van der Waals surface area contributed by atoms with Gasteiger partial charge in [0, 0.05) is 32.7 Å². The average molecular weight is 375 g/mol. The second-order valence-corrected chi connectivity index (χ2v) is 8.69. The molecule has 2 aromatic carbocycles. The van der Waals surface area contributed by atoms with Gasteiger partial charge in [0.25, 0.3) is 0 Å². The van der Waals surface area contributed by atoms with Crippen LogP contribution in [0.25, 0.3) is 0 Å². The number of sulfonamides is 1. The number of hydrogen-bond donors (Lipinski definition) is 0. The molecule has 0 saturated carbocycles. The molecule has 0 atom stereocenters. The van der Waals surface area contributed by atoms with E-state index in [1.54, 1.807) is 11.4 Å². The van der Waals surface area contributed by atoms with Gasteiger partial charge in [0.05, 0.1) is 12.9 Å². The topological polar surface area (TPSA) is 49.9 Å². The van der Waals surface area contributed by atoms with Gasteiger partial charge in [-0.2, -0.15) is 4.31 Å². The summed E-state index contributed by atoms with van der Waals surface area (Å²) < 4.78 is 32.2. The van der Waals surface area contributed by atoms with E-state index in [1.165, 1.54) is 5.56 Å². The van der Waals surface area contributed by atoms with Crippen LogP contribution in [-0.2, 0) is 22.3 Å². The molecule has 1 aliphatic rings. The van der Waals surface area contributed by atoms with Crippen LogP contribution in [0.3, 0.4) is 0 Å². The molecule has 26 heavy (non-hydrogen) atoms. The Morgan fingerprint density at radius 2 is 1.65 bits per heavy atom. The SMILES string of the molecule is COc1ccc(CN2CCN(S(=O)(=O)Cc3ccccc3)CC2)cc1C. The van der Waals surface area contributed by atoms with E-state index >= 15 is 0 Å². The first-order valence-electron chi connectivity index (χ1n) is 8.85. The van der Waals surface area contributed by atoms with E-state index in [9.17, 15) is 8.42 Å². The standard InChI is InChI=1S/C20H26N2O3S/c1-17-14-19(8-9-20(17)25-2)15-21-10-12-22(13-11-21)26(23,24)16-18-6-4-3-5-7-18/h3-9,14H,10-13,15-16H2,1-2H3. The number of nitrogens with zero attached hydrogens (tertiary/aromatic N) is 2. The zero-order chi connectivity index (χ0) is 18.6. The fraction of sp³-hybridized carbons (Fsp3) is 0.400. The molecular weight excluding hydrogens is 348 g/mol. The lowest BCUT2D eigenvalue weighted by atomic mass is 10.1. The highest BCUT2D eigenvalue weighted by molar-refractivity contribution is 7.88. The van der Waals surface area contributed by atoms with Gasteiger partial charge >= 0.3 is 0 Å². The van der Waals surface area contributed by atoms with Gasteiger partial charge in [0.1, 0.15) is 5.75 Å². The molecule has 0 unspecified atom stereocenters. The quantitative estimate of drug-likeness (QED) is 0.780. The second-order valence-electron chi connectivity index (χ2n) is 6.72. The number of benzene rings is 2. The van der Waals surface area contributed by atoms with Crippen LogP contribution in [0.5, 0.6) is 5.75 Å². The molecule has 1 aliphatic heterocycles. The third-order valence-electron chi connectivity index (χ3n) is 4.78. The fourth-order valence-corrected chi connectivity index (χ4v) is 4.85. The van der Waals surface area contributed by atoms with Crippen molar-refractivity contribution in [1.29, 1.82) is 0 Å². The third kappa shape index (κ3) is 4.63. The Morgan fingerprint density at radius 3 is 2.27 bits per heavy atom.